The predicted molar refractivity (Wildman–Crippen MR) is 54.6 cm³/mol. The molecule has 0 unspecified atom stereocenters. The number of fused-ring (bicyclic) bond motifs is 1. The molecule has 0 saturated carbocycles. The number of methoxy groups -OCH3 is 1. The fourth-order valence-corrected chi connectivity index (χ4v) is 2.03. The Morgan fingerprint density at radius 1 is 1.46 bits per heavy atom. The third kappa shape index (κ3) is 1.25. The molecule has 64 valence electrons. The van der Waals surface area contributed by atoms with E-state index in [-0.39, 0.29) is 0 Å². The molecule has 0 bridgehead atoms. The van der Waals surface area contributed by atoms with Gasteiger partial charge in [-0.25, -0.2) is 4.85 Å². The van der Waals surface area contributed by atoms with E-state index in [0.29, 0.717) is 11.4 Å². The highest BCUT2D eigenvalue weighted by molar-refractivity contribution is 7.17. The second-order valence-corrected chi connectivity index (χ2v) is 3.54. The minimum Gasteiger partial charge on any atom is -0.508 e. The van der Waals surface area contributed by atoms with Gasteiger partial charge in [0, 0.05) is 4.70 Å². The number of nitrogens with zero attached hydrogens (tertiary/aromatic N) is 1. The van der Waals surface area contributed by atoms with Crippen LogP contribution < -0.4 is 4.74 Å². The van der Waals surface area contributed by atoms with E-state index in [1.165, 1.54) is 0 Å². The van der Waals surface area contributed by atoms with Crippen LogP contribution in [0.25, 0.3) is 14.9 Å². The van der Waals surface area contributed by atoms with E-state index in [4.69, 9.17) is 11.3 Å². The lowest BCUT2D eigenvalue weighted by Gasteiger charge is -2.01. The largest absolute Gasteiger partial charge is 0.508 e. The zero-order valence-corrected chi connectivity index (χ0v) is 7.89. The van der Waals surface area contributed by atoms with Crippen molar-refractivity contribution in [2.24, 2.45) is 0 Å². The van der Waals surface area contributed by atoms with Crippen LogP contribution >= 0.6 is 11.3 Å². The van der Waals surface area contributed by atoms with Gasteiger partial charge in [-0.05, 0) is 29.0 Å². The Bertz CT molecular complexity index is 481. The fraction of sp³-hybridized carbons (Fsp3) is 0.100. The van der Waals surface area contributed by atoms with Crippen LogP contribution in [0.3, 0.4) is 0 Å². The fourth-order valence-electron chi connectivity index (χ4n) is 1.23. The summed E-state index contributed by atoms with van der Waals surface area (Å²) in [4.78, 5) is 3.40. The number of benzene rings is 1. The lowest BCUT2D eigenvalue weighted by molar-refractivity contribution is 0.418. The summed E-state index contributed by atoms with van der Waals surface area (Å²) in [5.74, 6) is 0.654. The van der Waals surface area contributed by atoms with E-state index in [2.05, 4.69) is 4.85 Å². The van der Waals surface area contributed by atoms with Gasteiger partial charge in [-0.15, -0.1) is 11.3 Å². The Labute approximate surface area is 80.2 Å². The monoisotopic (exact) mass is 189 g/mol. The molecule has 13 heavy (non-hydrogen) atoms. The summed E-state index contributed by atoms with van der Waals surface area (Å²) in [7, 11) is 1.59. The molecule has 0 radical (unpaired) electrons. The molecule has 0 aliphatic heterocycles. The van der Waals surface area contributed by atoms with Crippen molar-refractivity contribution in [3.05, 3.63) is 35.0 Å². The quantitative estimate of drug-likeness (QED) is 0.626. The van der Waals surface area contributed by atoms with Crippen molar-refractivity contribution in [2.45, 2.75) is 0 Å². The van der Waals surface area contributed by atoms with Crippen LogP contribution in [0.5, 0.6) is 5.75 Å². The molecule has 0 aliphatic rings. The zero-order valence-electron chi connectivity index (χ0n) is 7.07. The van der Waals surface area contributed by atoms with Gasteiger partial charge in [-0.1, -0.05) is 0 Å². The smallest absolute Gasteiger partial charge is 0.229 e. The summed E-state index contributed by atoms with van der Waals surface area (Å²) in [5.41, 5.74) is 0.581. The zero-order chi connectivity index (χ0) is 9.26. The van der Waals surface area contributed by atoms with Crippen LogP contribution in [-0.4, -0.2) is 7.11 Å². The minimum atomic E-state index is 0.581. The van der Waals surface area contributed by atoms with Crippen LogP contribution in [0.15, 0.2) is 23.6 Å². The highest BCUT2D eigenvalue weighted by Crippen LogP contribution is 2.34. The van der Waals surface area contributed by atoms with E-state index in [0.717, 1.165) is 10.1 Å². The topological polar surface area (TPSA) is 13.6 Å². The Morgan fingerprint density at radius 2 is 2.31 bits per heavy atom. The van der Waals surface area contributed by atoms with Gasteiger partial charge in [0.2, 0.25) is 5.69 Å². The molecule has 0 amide bonds. The summed E-state index contributed by atoms with van der Waals surface area (Å²) < 4.78 is 6.24. The maximum Gasteiger partial charge on any atom is 0.229 e. The van der Waals surface area contributed by atoms with E-state index in [9.17, 15) is 0 Å². The van der Waals surface area contributed by atoms with Gasteiger partial charge in [0.15, 0.2) is 0 Å². The Balaban J connectivity index is 2.76. The summed E-state index contributed by atoms with van der Waals surface area (Å²) in [6.07, 6.45) is 0. The maximum atomic E-state index is 6.97. The minimum absolute atomic E-state index is 0.581. The highest BCUT2D eigenvalue weighted by Gasteiger charge is 2.05. The average molecular weight is 189 g/mol. The summed E-state index contributed by atoms with van der Waals surface area (Å²) in [6, 6.07) is 5.79. The van der Waals surface area contributed by atoms with Crippen molar-refractivity contribution >= 4 is 27.1 Å². The number of hydrogen-bond acceptors (Lipinski definition) is 2. The van der Waals surface area contributed by atoms with Gasteiger partial charge in [0.05, 0.1) is 13.7 Å². The van der Waals surface area contributed by atoms with Crippen molar-refractivity contribution in [3.63, 3.8) is 0 Å². The molecule has 0 atom stereocenters. The second-order valence-electron chi connectivity index (χ2n) is 2.59. The van der Waals surface area contributed by atoms with Crippen LogP contribution in [0.4, 0.5) is 5.69 Å². The van der Waals surface area contributed by atoms with Gasteiger partial charge in [0.25, 0.3) is 0 Å². The molecular formula is C10H7NOS. The highest BCUT2D eigenvalue weighted by atomic mass is 32.1. The maximum absolute atomic E-state index is 6.97. The van der Waals surface area contributed by atoms with Crippen molar-refractivity contribution in [2.75, 3.05) is 7.11 Å². The molecule has 1 heterocycles. The molecule has 1 aromatic heterocycles. The first-order valence-corrected chi connectivity index (χ1v) is 4.66. The Kier molecular flexibility index (Phi) is 1.91. The van der Waals surface area contributed by atoms with E-state index in [1.807, 2.05) is 23.6 Å². The van der Waals surface area contributed by atoms with E-state index in [1.54, 1.807) is 18.4 Å². The van der Waals surface area contributed by atoms with E-state index < -0.39 is 0 Å². The third-order valence-electron chi connectivity index (χ3n) is 1.87. The van der Waals surface area contributed by atoms with E-state index >= 15 is 0 Å². The Hall–Kier alpha value is -1.53. The SMILES string of the molecule is [C-]#[N+]c1cc2sccc2cc1OC. The van der Waals surface area contributed by atoms with Gasteiger partial charge >= 0.3 is 0 Å². The van der Waals surface area contributed by atoms with Crippen LogP contribution in [0.1, 0.15) is 0 Å². The molecule has 1 aromatic carbocycles. The molecule has 2 aromatic rings. The molecule has 0 saturated heterocycles. The molecule has 2 nitrogen and oxygen atoms in total. The van der Waals surface area contributed by atoms with Crippen molar-refractivity contribution < 1.29 is 4.74 Å². The first kappa shape index (κ1) is 8.09. The Morgan fingerprint density at radius 3 is 3.00 bits per heavy atom. The third-order valence-corrected chi connectivity index (χ3v) is 2.75. The number of ether oxygens (including phenoxy) is 1. The average Bonchev–Trinajstić information content (AvgIpc) is 2.62. The molecular weight excluding hydrogens is 182 g/mol. The van der Waals surface area contributed by atoms with Crippen LogP contribution in [0, 0.1) is 6.57 Å². The summed E-state index contributed by atoms with van der Waals surface area (Å²) in [5, 5.41) is 3.15. The van der Waals surface area contributed by atoms with Gasteiger partial charge in [0.1, 0.15) is 5.75 Å². The summed E-state index contributed by atoms with van der Waals surface area (Å²) >= 11 is 1.64. The van der Waals surface area contributed by atoms with Crippen molar-refractivity contribution in [1.29, 1.82) is 0 Å². The van der Waals surface area contributed by atoms with Crippen LogP contribution in [0.2, 0.25) is 0 Å². The van der Waals surface area contributed by atoms with Gasteiger partial charge in [-0.3, -0.25) is 0 Å². The number of thiophene rings is 1. The van der Waals surface area contributed by atoms with Gasteiger partial charge < -0.3 is 4.74 Å². The first-order valence-electron chi connectivity index (χ1n) is 3.78. The molecule has 0 N–H and O–H groups in total. The molecule has 0 spiro atoms. The lowest BCUT2D eigenvalue weighted by atomic mass is 10.2. The lowest BCUT2D eigenvalue weighted by Crippen LogP contribution is -1.81. The molecule has 2 rings (SSSR count). The first-order chi connectivity index (χ1) is 6.35. The van der Waals surface area contributed by atoms with Crippen molar-refractivity contribution in [1.82, 2.24) is 0 Å². The number of hydrogen-bond donors (Lipinski definition) is 0. The van der Waals surface area contributed by atoms with Crippen LogP contribution in [-0.2, 0) is 0 Å². The van der Waals surface area contributed by atoms with Gasteiger partial charge in [-0.2, -0.15) is 0 Å². The summed E-state index contributed by atoms with van der Waals surface area (Å²) in [6.45, 7) is 6.97. The number of rotatable bonds is 1. The predicted octanol–water partition coefficient (Wildman–Crippen LogP) is 3.46. The normalized spacial score (nSPS) is 9.85. The molecule has 0 fully saturated rings. The molecule has 0 aliphatic carbocycles. The molecule has 3 heteroatoms. The second kappa shape index (κ2) is 3.08. The standard InChI is InChI=1S/C10H7NOS/c1-11-8-6-10-7(3-4-13-10)5-9(8)12-2/h3-6H,2H3. The van der Waals surface area contributed by atoms with Crippen molar-refractivity contribution in [3.8, 4) is 5.75 Å².